The number of hydrogen-bond acceptors (Lipinski definition) is 4. The Labute approximate surface area is 93.6 Å². The molecule has 86 valence electrons. The predicted molar refractivity (Wildman–Crippen MR) is 59.2 cm³/mol. The maximum absolute atomic E-state index is 11.7. The van der Waals surface area contributed by atoms with E-state index in [1.807, 2.05) is 0 Å². The smallest absolute Gasteiger partial charge is 0.338 e. The number of ether oxygens (including phenoxy) is 1. The number of benzene rings is 1. The minimum atomic E-state index is -0.529. The topological polar surface area (TPSA) is 81.4 Å². The second-order valence-electron chi connectivity index (χ2n) is 3.08. The van der Waals surface area contributed by atoms with Gasteiger partial charge >= 0.3 is 5.97 Å². The lowest BCUT2D eigenvalue weighted by molar-refractivity contribution is 0.0596. The molecule has 5 nitrogen and oxygen atoms in total. The van der Waals surface area contributed by atoms with Crippen LogP contribution >= 0.6 is 0 Å². The molecule has 3 N–H and O–H groups in total. The van der Waals surface area contributed by atoms with Crippen LogP contribution in [0.2, 0.25) is 0 Å². The van der Waals surface area contributed by atoms with Gasteiger partial charge in [0, 0.05) is 13.1 Å². The van der Waals surface area contributed by atoms with E-state index in [4.69, 9.17) is 5.73 Å². The van der Waals surface area contributed by atoms with Gasteiger partial charge in [-0.3, -0.25) is 4.79 Å². The van der Waals surface area contributed by atoms with Crippen LogP contribution in [0, 0.1) is 0 Å². The van der Waals surface area contributed by atoms with Crippen LogP contribution in [0.3, 0.4) is 0 Å². The van der Waals surface area contributed by atoms with Crippen molar-refractivity contribution in [1.29, 1.82) is 0 Å². The van der Waals surface area contributed by atoms with Gasteiger partial charge in [-0.1, -0.05) is 12.1 Å². The highest BCUT2D eigenvalue weighted by Gasteiger charge is 2.15. The molecule has 16 heavy (non-hydrogen) atoms. The number of nitrogens with two attached hydrogens (primary N) is 1. The van der Waals surface area contributed by atoms with Crippen LogP contribution in [0.5, 0.6) is 0 Å². The van der Waals surface area contributed by atoms with Gasteiger partial charge in [0.1, 0.15) is 0 Å². The highest BCUT2D eigenvalue weighted by atomic mass is 16.5. The summed E-state index contributed by atoms with van der Waals surface area (Å²) in [6, 6.07) is 6.47. The van der Waals surface area contributed by atoms with Gasteiger partial charge < -0.3 is 15.8 Å². The molecular formula is C11H14N2O3. The van der Waals surface area contributed by atoms with E-state index in [1.165, 1.54) is 7.11 Å². The van der Waals surface area contributed by atoms with Crippen LogP contribution in [0.25, 0.3) is 0 Å². The van der Waals surface area contributed by atoms with Crippen LogP contribution in [0.15, 0.2) is 24.3 Å². The van der Waals surface area contributed by atoms with Gasteiger partial charge in [-0.2, -0.15) is 0 Å². The standard InChI is InChI=1S/C11H14N2O3/c1-16-11(15)9-5-3-2-4-8(9)10(14)13-7-6-12/h2-5H,6-7,12H2,1H3,(H,13,14). The van der Waals surface area contributed by atoms with E-state index < -0.39 is 5.97 Å². The van der Waals surface area contributed by atoms with Gasteiger partial charge in [-0.05, 0) is 12.1 Å². The van der Waals surface area contributed by atoms with Gasteiger partial charge in [0.2, 0.25) is 0 Å². The van der Waals surface area contributed by atoms with Crippen molar-refractivity contribution in [3.63, 3.8) is 0 Å². The molecule has 1 aromatic rings. The maximum atomic E-state index is 11.7. The number of nitrogens with one attached hydrogen (secondary N) is 1. The third kappa shape index (κ3) is 2.80. The molecule has 1 amide bonds. The molecule has 0 saturated carbocycles. The van der Waals surface area contributed by atoms with Gasteiger partial charge in [0.25, 0.3) is 5.91 Å². The Kier molecular flexibility index (Phi) is 4.47. The maximum Gasteiger partial charge on any atom is 0.338 e. The quantitative estimate of drug-likeness (QED) is 0.711. The molecule has 1 rings (SSSR count). The van der Waals surface area contributed by atoms with Crippen LogP contribution in [0.4, 0.5) is 0 Å². The monoisotopic (exact) mass is 222 g/mol. The van der Waals surface area contributed by atoms with Gasteiger partial charge in [0.05, 0.1) is 18.2 Å². The molecule has 0 fully saturated rings. The fraction of sp³-hybridized carbons (Fsp3) is 0.273. The van der Waals surface area contributed by atoms with E-state index >= 15 is 0 Å². The van der Waals surface area contributed by atoms with Crippen molar-refractivity contribution >= 4 is 11.9 Å². The number of carbonyl (C=O) groups excluding carboxylic acids is 2. The summed E-state index contributed by atoms with van der Waals surface area (Å²) in [5.74, 6) is -0.857. The summed E-state index contributed by atoms with van der Waals surface area (Å²) in [6.45, 7) is 0.723. The lowest BCUT2D eigenvalue weighted by Crippen LogP contribution is -2.30. The molecule has 1 aromatic carbocycles. The normalized spacial score (nSPS) is 9.62. The van der Waals surface area contributed by atoms with Gasteiger partial charge in [-0.15, -0.1) is 0 Å². The Morgan fingerprint density at radius 3 is 2.50 bits per heavy atom. The number of carbonyl (C=O) groups is 2. The zero-order valence-electron chi connectivity index (χ0n) is 9.03. The SMILES string of the molecule is COC(=O)c1ccccc1C(=O)NCCN. The highest BCUT2D eigenvalue weighted by Crippen LogP contribution is 2.09. The summed E-state index contributed by atoms with van der Waals surface area (Å²) in [7, 11) is 1.27. The minimum Gasteiger partial charge on any atom is -0.465 e. The molecule has 0 radical (unpaired) electrons. The van der Waals surface area contributed by atoms with Crippen LogP contribution < -0.4 is 11.1 Å². The van der Waals surface area contributed by atoms with Crippen molar-refractivity contribution in [2.45, 2.75) is 0 Å². The first-order chi connectivity index (χ1) is 7.70. The first-order valence-corrected chi connectivity index (χ1v) is 4.86. The summed E-state index contributed by atoms with van der Waals surface area (Å²) < 4.78 is 4.59. The Balaban J connectivity index is 2.94. The summed E-state index contributed by atoms with van der Waals surface area (Å²) in [4.78, 5) is 23.1. The molecular weight excluding hydrogens is 208 g/mol. The van der Waals surface area contributed by atoms with Crippen molar-refractivity contribution in [2.75, 3.05) is 20.2 Å². The zero-order chi connectivity index (χ0) is 12.0. The average Bonchev–Trinajstić information content (AvgIpc) is 2.35. The molecule has 0 saturated heterocycles. The molecule has 5 heteroatoms. The summed E-state index contributed by atoms with van der Waals surface area (Å²) >= 11 is 0. The van der Waals surface area contributed by atoms with Crippen LogP contribution in [0.1, 0.15) is 20.7 Å². The van der Waals surface area contributed by atoms with Crippen LogP contribution in [-0.4, -0.2) is 32.1 Å². The Morgan fingerprint density at radius 1 is 1.31 bits per heavy atom. The fourth-order valence-electron chi connectivity index (χ4n) is 1.25. The molecule has 0 unspecified atom stereocenters. The highest BCUT2D eigenvalue weighted by molar-refractivity contribution is 6.05. The summed E-state index contributed by atoms with van der Waals surface area (Å²) in [5.41, 5.74) is 5.82. The Morgan fingerprint density at radius 2 is 1.94 bits per heavy atom. The van der Waals surface area contributed by atoms with E-state index in [2.05, 4.69) is 10.1 Å². The minimum absolute atomic E-state index is 0.250. The molecule has 0 aliphatic heterocycles. The largest absolute Gasteiger partial charge is 0.465 e. The fourth-order valence-corrected chi connectivity index (χ4v) is 1.25. The first kappa shape index (κ1) is 12.2. The predicted octanol–water partition coefficient (Wildman–Crippen LogP) is 0.162. The number of methoxy groups -OCH3 is 1. The summed E-state index contributed by atoms with van der Waals surface area (Å²) in [5, 5.41) is 2.60. The third-order valence-corrected chi connectivity index (χ3v) is 2.01. The van der Waals surface area contributed by atoms with Crippen LogP contribution in [-0.2, 0) is 4.74 Å². The lowest BCUT2D eigenvalue weighted by Gasteiger charge is -2.07. The van der Waals surface area contributed by atoms with Gasteiger partial charge in [0.15, 0.2) is 0 Å². The van der Waals surface area contributed by atoms with Gasteiger partial charge in [-0.25, -0.2) is 4.79 Å². The molecule has 0 aliphatic rings. The molecule has 0 heterocycles. The molecule has 0 atom stereocenters. The van der Waals surface area contributed by atoms with Crippen molar-refractivity contribution < 1.29 is 14.3 Å². The van der Waals surface area contributed by atoms with Crippen molar-refractivity contribution in [1.82, 2.24) is 5.32 Å². The number of hydrogen-bond donors (Lipinski definition) is 2. The van der Waals surface area contributed by atoms with Crippen molar-refractivity contribution in [3.05, 3.63) is 35.4 Å². The van der Waals surface area contributed by atoms with E-state index in [9.17, 15) is 9.59 Å². The van der Waals surface area contributed by atoms with E-state index in [0.717, 1.165) is 0 Å². The van der Waals surface area contributed by atoms with Crippen molar-refractivity contribution in [2.24, 2.45) is 5.73 Å². The van der Waals surface area contributed by atoms with Crippen molar-refractivity contribution in [3.8, 4) is 0 Å². The molecule has 0 aromatic heterocycles. The second kappa shape index (κ2) is 5.87. The zero-order valence-corrected chi connectivity index (χ0v) is 9.03. The number of esters is 1. The molecule has 0 bridgehead atoms. The van der Waals surface area contributed by atoms with E-state index in [0.29, 0.717) is 18.7 Å². The van der Waals surface area contributed by atoms with E-state index in [-0.39, 0.29) is 11.5 Å². The first-order valence-electron chi connectivity index (χ1n) is 4.86. The third-order valence-electron chi connectivity index (χ3n) is 2.01. The molecule has 0 aliphatic carbocycles. The second-order valence-corrected chi connectivity index (χ2v) is 3.08. The summed E-state index contributed by atoms with van der Waals surface area (Å²) in [6.07, 6.45) is 0. The number of rotatable bonds is 4. The Bertz CT molecular complexity index is 391. The average molecular weight is 222 g/mol. The number of amides is 1. The Hall–Kier alpha value is -1.88. The van der Waals surface area contributed by atoms with E-state index in [1.54, 1.807) is 24.3 Å². The lowest BCUT2D eigenvalue weighted by atomic mass is 10.1. The molecule has 0 spiro atoms.